The van der Waals surface area contributed by atoms with Crippen molar-refractivity contribution in [1.29, 1.82) is 0 Å². The molecule has 0 unspecified atom stereocenters. The lowest BCUT2D eigenvalue weighted by molar-refractivity contribution is -0.133. The molecular weight excluding hydrogens is 230 g/mol. The zero-order valence-electron chi connectivity index (χ0n) is 8.63. The highest BCUT2D eigenvalue weighted by molar-refractivity contribution is 8.00. The third-order valence-corrected chi connectivity index (χ3v) is 2.60. The van der Waals surface area contributed by atoms with Crippen molar-refractivity contribution in [3.8, 4) is 0 Å². The first-order valence-electron chi connectivity index (χ1n) is 4.72. The highest BCUT2D eigenvalue weighted by Gasteiger charge is 2.03. The van der Waals surface area contributed by atoms with Gasteiger partial charge in [-0.2, -0.15) is 5.10 Å². The molecule has 1 amide bonds. The number of carboxylic acids is 1. The van der Waals surface area contributed by atoms with Crippen molar-refractivity contribution in [2.45, 2.75) is 6.54 Å². The standard InChI is InChI=1S/C9H13N3O3S/c13-8(6-16-7-9(14)15)10-3-5-12-4-1-2-11-12/h1-2,4H,3,5-7H2,(H,10,13)(H,14,15). The van der Waals surface area contributed by atoms with Gasteiger partial charge < -0.3 is 10.4 Å². The van der Waals surface area contributed by atoms with Crippen LogP contribution in [0, 0.1) is 0 Å². The number of nitrogens with zero attached hydrogens (tertiary/aromatic N) is 2. The van der Waals surface area contributed by atoms with Gasteiger partial charge in [0.2, 0.25) is 5.91 Å². The van der Waals surface area contributed by atoms with Crippen LogP contribution in [0.15, 0.2) is 18.5 Å². The number of carboxylic acid groups (broad SMARTS) is 1. The molecule has 7 heteroatoms. The minimum Gasteiger partial charge on any atom is -0.481 e. The van der Waals surface area contributed by atoms with Crippen molar-refractivity contribution >= 4 is 23.6 Å². The fraction of sp³-hybridized carbons (Fsp3) is 0.444. The van der Waals surface area contributed by atoms with Gasteiger partial charge in [0.25, 0.3) is 0 Å². The molecule has 6 nitrogen and oxygen atoms in total. The fourth-order valence-corrected chi connectivity index (χ4v) is 1.59. The molecule has 2 N–H and O–H groups in total. The van der Waals surface area contributed by atoms with E-state index in [0.29, 0.717) is 13.1 Å². The number of thioether (sulfide) groups is 1. The van der Waals surface area contributed by atoms with Gasteiger partial charge >= 0.3 is 5.97 Å². The van der Waals surface area contributed by atoms with E-state index in [1.54, 1.807) is 10.9 Å². The van der Waals surface area contributed by atoms with E-state index in [9.17, 15) is 9.59 Å². The number of hydrogen-bond acceptors (Lipinski definition) is 4. The summed E-state index contributed by atoms with van der Waals surface area (Å²) in [7, 11) is 0. The summed E-state index contributed by atoms with van der Waals surface area (Å²) in [5.74, 6) is -0.939. The van der Waals surface area contributed by atoms with Gasteiger partial charge in [0.1, 0.15) is 0 Å². The number of carbonyl (C=O) groups is 2. The zero-order valence-corrected chi connectivity index (χ0v) is 9.44. The summed E-state index contributed by atoms with van der Waals surface area (Å²) in [6.07, 6.45) is 3.48. The molecule has 1 heterocycles. The summed E-state index contributed by atoms with van der Waals surface area (Å²) >= 11 is 1.08. The van der Waals surface area contributed by atoms with Gasteiger partial charge in [0.05, 0.1) is 18.1 Å². The molecule has 0 radical (unpaired) electrons. The predicted octanol–water partition coefficient (Wildman–Crippen LogP) is -0.183. The first-order chi connectivity index (χ1) is 7.68. The average Bonchev–Trinajstić information content (AvgIpc) is 2.70. The Kier molecular flexibility index (Phi) is 5.41. The summed E-state index contributed by atoms with van der Waals surface area (Å²) in [6.45, 7) is 1.11. The molecule has 0 aromatic carbocycles. The maximum absolute atomic E-state index is 11.2. The SMILES string of the molecule is O=C(O)CSCC(=O)NCCn1cccn1. The Morgan fingerprint density at radius 3 is 2.88 bits per heavy atom. The summed E-state index contributed by atoms with van der Waals surface area (Å²) < 4.78 is 1.71. The predicted molar refractivity (Wildman–Crippen MR) is 60.2 cm³/mol. The van der Waals surface area contributed by atoms with Gasteiger partial charge in [0, 0.05) is 18.9 Å². The van der Waals surface area contributed by atoms with Crippen LogP contribution >= 0.6 is 11.8 Å². The second-order valence-corrected chi connectivity index (χ2v) is 3.99. The van der Waals surface area contributed by atoms with Crippen molar-refractivity contribution in [2.24, 2.45) is 0 Å². The van der Waals surface area contributed by atoms with Crippen LogP contribution in [-0.2, 0) is 16.1 Å². The number of hydrogen-bond donors (Lipinski definition) is 2. The Labute approximate surface area is 97.0 Å². The van der Waals surface area contributed by atoms with Crippen molar-refractivity contribution in [3.63, 3.8) is 0 Å². The molecule has 0 spiro atoms. The van der Waals surface area contributed by atoms with Crippen LogP contribution in [0.25, 0.3) is 0 Å². The topological polar surface area (TPSA) is 84.2 Å². The van der Waals surface area contributed by atoms with Gasteiger partial charge in [-0.3, -0.25) is 14.3 Å². The summed E-state index contributed by atoms with van der Waals surface area (Å²) in [5, 5.41) is 15.0. The maximum atomic E-state index is 11.2. The van der Waals surface area contributed by atoms with Crippen LogP contribution in [0.5, 0.6) is 0 Å². The highest BCUT2D eigenvalue weighted by Crippen LogP contribution is 1.97. The van der Waals surface area contributed by atoms with Crippen LogP contribution in [0.3, 0.4) is 0 Å². The van der Waals surface area contributed by atoms with E-state index in [4.69, 9.17) is 5.11 Å². The molecule has 88 valence electrons. The zero-order chi connectivity index (χ0) is 11.8. The van der Waals surface area contributed by atoms with E-state index in [1.807, 2.05) is 12.3 Å². The quantitative estimate of drug-likeness (QED) is 0.694. The van der Waals surface area contributed by atoms with Crippen molar-refractivity contribution in [2.75, 3.05) is 18.1 Å². The Hall–Kier alpha value is -1.50. The minimum absolute atomic E-state index is 0.0490. The highest BCUT2D eigenvalue weighted by atomic mass is 32.2. The Balaban J connectivity index is 2.04. The van der Waals surface area contributed by atoms with Crippen molar-refractivity contribution in [3.05, 3.63) is 18.5 Å². The normalized spacial score (nSPS) is 10.0. The van der Waals surface area contributed by atoms with E-state index >= 15 is 0 Å². The fourth-order valence-electron chi connectivity index (χ4n) is 1.02. The second-order valence-electron chi connectivity index (χ2n) is 3.01. The molecule has 0 atom stereocenters. The first kappa shape index (κ1) is 12.6. The van der Waals surface area contributed by atoms with E-state index in [1.165, 1.54) is 0 Å². The van der Waals surface area contributed by atoms with Crippen molar-refractivity contribution in [1.82, 2.24) is 15.1 Å². The molecule has 0 saturated carbocycles. The molecule has 0 aliphatic rings. The molecule has 0 fully saturated rings. The molecule has 16 heavy (non-hydrogen) atoms. The smallest absolute Gasteiger partial charge is 0.313 e. The second kappa shape index (κ2) is 6.89. The van der Waals surface area contributed by atoms with E-state index < -0.39 is 5.97 Å². The Morgan fingerprint density at radius 2 is 2.25 bits per heavy atom. The van der Waals surface area contributed by atoms with Crippen LogP contribution in [-0.4, -0.2) is 44.8 Å². The minimum atomic E-state index is -0.908. The molecule has 0 bridgehead atoms. The Morgan fingerprint density at radius 1 is 1.44 bits per heavy atom. The van der Waals surface area contributed by atoms with Gasteiger partial charge in [-0.15, -0.1) is 11.8 Å². The van der Waals surface area contributed by atoms with Gasteiger partial charge in [-0.25, -0.2) is 0 Å². The molecule has 0 saturated heterocycles. The number of aromatic nitrogens is 2. The number of carbonyl (C=O) groups excluding carboxylic acids is 1. The molecule has 1 aromatic heterocycles. The Bertz CT molecular complexity index is 340. The van der Waals surface area contributed by atoms with E-state index in [2.05, 4.69) is 10.4 Å². The molecule has 0 aliphatic heterocycles. The third kappa shape index (κ3) is 5.40. The number of rotatable bonds is 7. The summed E-state index contributed by atoms with van der Waals surface area (Å²) in [6, 6.07) is 1.81. The summed E-state index contributed by atoms with van der Waals surface area (Å²) in [4.78, 5) is 21.4. The van der Waals surface area contributed by atoms with Crippen LogP contribution in [0.1, 0.15) is 0 Å². The average molecular weight is 243 g/mol. The first-order valence-corrected chi connectivity index (χ1v) is 5.87. The lowest BCUT2D eigenvalue weighted by Crippen LogP contribution is -2.29. The maximum Gasteiger partial charge on any atom is 0.313 e. The van der Waals surface area contributed by atoms with Crippen LogP contribution < -0.4 is 5.32 Å². The van der Waals surface area contributed by atoms with Crippen molar-refractivity contribution < 1.29 is 14.7 Å². The largest absolute Gasteiger partial charge is 0.481 e. The molecule has 1 rings (SSSR count). The van der Waals surface area contributed by atoms with Gasteiger partial charge in [-0.05, 0) is 6.07 Å². The van der Waals surface area contributed by atoms with Gasteiger partial charge in [-0.1, -0.05) is 0 Å². The number of amides is 1. The number of nitrogens with one attached hydrogen (secondary N) is 1. The number of aliphatic carboxylic acids is 1. The lowest BCUT2D eigenvalue weighted by Gasteiger charge is -2.04. The lowest BCUT2D eigenvalue weighted by atomic mass is 10.6. The molecular formula is C9H13N3O3S. The molecule has 1 aromatic rings. The van der Waals surface area contributed by atoms with E-state index in [-0.39, 0.29) is 17.4 Å². The summed E-state index contributed by atoms with van der Waals surface area (Å²) in [5.41, 5.74) is 0. The van der Waals surface area contributed by atoms with Crippen LogP contribution in [0.2, 0.25) is 0 Å². The monoisotopic (exact) mass is 243 g/mol. The van der Waals surface area contributed by atoms with Crippen LogP contribution in [0.4, 0.5) is 0 Å². The third-order valence-electron chi connectivity index (χ3n) is 1.68. The van der Waals surface area contributed by atoms with E-state index in [0.717, 1.165) is 11.8 Å². The van der Waals surface area contributed by atoms with Gasteiger partial charge in [0.15, 0.2) is 0 Å². The molecule has 0 aliphatic carbocycles.